The lowest BCUT2D eigenvalue weighted by Gasteiger charge is -2.23. The predicted octanol–water partition coefficient (Wildman–Crippen LogP) is 4.31. The maximum atomic E-state index is 13.5. The molecule has 1 aliphatic heterocycles. The monoisotopic (exact) mass is 424 g/mol. The minimum atomic E-state index is -0.927. The van der Waals surface area contributed by atoms with Crippen LogP contribution in [-0.4, -0.2) is 28.4 Å². The first-order valence-corrected chi connectivity index (χ1v) is 10.1. The number of rotatable bonds is 5. The van der Waals surface area contributed by atoms with Crippen molar-refractivity contribution in [1.82, 2.24) is 4.98 Å². The molecule has 1 amide bonds. The number of aliphatic hydroxyl groups excluding tert-OH is 1. The van der Waals surface area contributed by atoms with Crippen LogP contribution < -0.4 is 9.64 Å². The number of Topliss-reactive ketones (excluding diaryl/α,β-unsaturated/α-hetero) is 1. The highest BCUT2D eigenvalue weighted by molar-refractivity contribution is 7.14. The van der Waals surface area contributed by atoms with Gasteiger partial charge >= 0.3 is 5.91 Å². The number of anilines is 1. The molecule has 1 aromatic heterocycles. The van der Waals surface area contributed by atoms with Crippen LogP contribution in [0.4, 0.5) is 9.52 Å². The molecule has 0 aliphatic carbocycles. The van der Waals surface area contributed by atoms with Crippen molar-refractivity contribution >= 4 is 33.9 Å². The van der Waals surface area contributed by atoms with E-state index >= 15 is 0 Å². The van der Waals surface area contributed by atoms with Crippen molar-refractivity contribution in [2.45, 2.75) is 13.0 Å². The summed E-state index contributed by atoms with van der Waals surface area (Å²) in [5, 5.41) is 13.0. The van der Waals surface area contributed by atoms with Crippen LogP contribution in [0.15, 0.2) is 65.7 Å². The molecule has 30 heavy (non-hydrogen) atoms. The minimum absolute atomic E-state index is 0.0778. The maximum absolute atomic E-state index is 13.5. The smallest absolute Gasteiger partial charge is 0.301 e. The van der Waals surface area contributed by atoms with Gasteiger partial charge in [0.05, 0.1) is 18.2 Å². The molecule has 1 saturated heterocycles. The molecule has 1 N–H and O–H groups in total. The zero-order valence-electron chi connectivity index (χ0n) is 15.9. The van der Waals surface area contributed by atoms with E-state index in [9.17, 15) is 19.1 Å². The Hall–Kier alpha value is -3.52. The third kappa shape index (κ3) is 3.46. The summed E-state index contributed by atoms with van der Waals surface area (Å²) >= 11 is 1.19. The number of ketones is 1. The van der Waals surface area contributed by atoms with E-state index < -0.39 is 23.5 Å². The van der Waals surface area contributed by atoms with Crippen LogP contribution in [0.3, 0.4) is 0 Å². The van der Waals surface area contributed by atoms with Crippen molar-refractivity contribution in [2.75, 3.05) is 11.5 Å². The van der Waals surface area contributed by atoms with Crippen LogP contribution in [0.1, 0.15) is 24.1 Å². The van der Waals surface area contributed by atoms with Gasteiger partial charge in [-0.2, -0.15) is 0 Å². The van der Waals surface area contributed by atoms with Gasteiger partial charge in [0, 0.05) is 17.1 Å². The number of amides is 1. The molecule has 1 aliphatic rings. The number of carbonyl (C=O) groups is 2. The molecule has 152 valence electrons. The lowest BCUT2D eigenvalue weighted by Crippen LogP contribution is -2.29. The fraction of sp³-hybridized carbons (Fsp3) is 0.136. The number of benzene rings is 2. The molecule has 6 nitrogen and oxygen atoms in total. The molecule has 0 bridgehead atoms. The van der Waals surface area contributed by atoms with Crippen molar-refractivity contribution in [3.8, 4) is 5.75 Å². The van der Waals surface area contributed by atoms with Gasteiger partial charge in [-0.3, -0.25) is 14.5 Å². The number of hydrogen-bond acceptors (Lipinski definition) is 6. The molecular weight excluding hydrogens is 407 g/mol. The minimum Gasteiger partial charge on any atom is -0.507 e. The Balaban J connectivity index is 1.86. The zero-order chi connectivity index (χ0) is 21.3. The number of aromatic nitrogens is 1. The van der Waals surface area contributed by atoms with Gasteiger partial charge in [0.1, 0.15) is 17.3 Å². The largest absolute Gasteiger partial charge is 0.507 e. The molecule has 0 radical (unpaired) electrons. The van der Waals surface area contributed by atoms with E-state index in [1.165, 1.54) is 46.7 Å². The highest BCUT2D eigenvalue weighted by atomic mass is 32.1. The van der Waals surface area contributed by atoms with E-state index in [2.05, 4.69) is 4.98 Å². The standard InChI is InChI=1S/C22H17FN2O4S/c1-2-29-16-9-5-14(6-10-16)19(26)17-18(13-3-7-15(23)8-4-13)25(21(28)20(17)27)22-24-11-12-30-22/h3-12,18,26H,2H2,1H3/b19-17+. The lowest BCUT2D eigenvalue weighted by atomic mass is 9.95. The first-order valence-electron chi connectivity index (χ1n) is 9.20. The number of aliphatic hydroxyl groups is 1. The number of thiazole rings is 1. The van der Waals surface area contributed by atoms with Crippen LogP contribution in [0.25, 0.3) is 5.76 Å². The lowest BCUT2D eigenvalue weighted by molar-refractivity contribution is -0.132. The van der Waals surface area contributed by atoms with Gasteiger partial charge in [0.2, 0.25) is 0 Å². The molecule has 2 aromatic carbocycles. The fourth-order valence-corrected chi connectivity index (χ4v) is 4.02. The van der Waals surface area contributed by atoms with Crippen LogP contribution >= 0.6 is 11.3 Å². The molecule has 1 atom stereocenters. The summed E-state index contributed by atoms with van der Waals surface area (Å²) in [5.74, 6) is -1.77. The third-order valence-electron chi connectivity index (χ3n) is 4.69. The van der Waals surface area contributed by atoms with E-state index in [4.69, 9.17) is 4.74 Å². The second-order valence-electron chi connectivity index (χ2n) is 6.49. The summed E-state index contributed by atoms with van der Waals surface area (Å²) < 4.78 is 18.9. The average molecular weight is 424 g/mol. The summed E-state index contributed by atoms with van der Waals surface area (Å²) in [7, 11) is 0. The Morgan fingerprint density at radius 1 is 1.17 bits per heavy atom. The van der Waals surface area contributed by atoms with Crippen LogP contribution in [0.5, 0.6) is 5.75 Å². The highest BCUT2D eigenvalue weighted by Crippen LogP contribution is 2.42. The Morgan fingerprint density at radius 2 is 1.87 bits per heavy atom. The van der Waals surface area contributed by atoms with Crippen molar-refractivity contribution in [3.63, 3.8) is 0 Å². The van der Waals surface area contributed by atoms with Crippen LogP contribution in [0.2, 0.25) is 0 Å². The predicted molar refractivity (Wildman–Crippen MR) is 111 cm³/mol. The van der Waals surface area contributed by atoms with E-state index in [1.807, 2.05) is 6.92 Å². The third-order valence-corrected chi connectivity index (χ3v) is 5.47. The first-order chi connectivity index (χ1) is 14.5. The molecule has 4 rings (SSSR count). The van der Waals surface area contributed by atoms with Crippen molar-refractivity contribution in [3.05, 3.63) is 82.6 Å². The van der Waals surface area contributed by atoms with Gasteiger partial charge in [0.25, 0.3) is 5.78 Å². The van der Waals surface area contributed by atoms with Gasteiger partial charge in [-0.25, -0.2) is 9.37 Å². The van der Waals surface area contributed by atoms with Gasteiger partial charge in [0.15, 0.2) is 5.13 Å². The molecule has 0 spiro atoms. The van der Waals surface area contributed by atoms with Gasteiger partial charge < -0.3 is 9.84 Å². The van der Waals surface area contributed by atoms with Gasteiger partial charge in [-0.05, 0) is 48.9 Å². The summed E-state index contributed by atoms with van der Waals surface area (Å²) in [6.07, 6.45) is 1.52. The Kier molecular flexibility index (Phi) is 5.33. The SMILES string of the molecule is CCOc1ccc(/C(O)=C2\C(=O)C(=O)N(c3nccs3)C2c2ccc(F)cc2)cc1. The van der Waals surface area contributed by atoms with E-state index in [-0.39, 0.29) is 11.3 Å². The number of carbonyl (C=O) groups excluding carboxylic acids is 2. The second-order valence-corrected chi connectivity index (χ2v) is 7.37. The maximum Gasteiger partial charge on any atom is 0.301 e. The van der Waals surface area contributed by atoms with E-state index in [0.717, 1.165) is 0 Å². The molecule has 1 fully saturated rings. The van der Waals surface area contributed by atoms with Gasteiger partial charge in [-0.1, -0.05) is 12.1 Å². The highest BCUT2D eigenvalue weighted by Gasteiger charge is 2.47. The van der Waals surface area contributed by atoms with Crippen molar-refractivity contribution in [1.29, 1.82) is 0 Å². The summed E-state index contributed by atoms with van der Waals surface area (Å²) in [6, 6.07) is 11.1. The molecule has 2 heterocycles. The topological polar surface area (TPSA) is 79.7 Å². The molecule has 8 heteroatoms. The average Bonchev–Trinajstić information content (AvgIpc) is 3.36. The van der Waals surface area contributed by atoms with Crippen molar-refractivity contribution < 1.29 is 23.8 Å². The Morgan fingerprint density at radius 3 is 2.47 bits per heavy atom. The van der Waals surface area contributed by atoms with E-state index in [1.54, 1.807) is 29.6 Å². The fourth-order valence-electron chi connectivity index (χ4n) is 3.36. The molecular formula is C22H17FN2O4S. The second kappa shape index (κ2) is 8.08. The summed E-state index contributed by atoms with van der Waals surface area (Å²) in [6.45, 7) is 2.35. The normalized spacial score (nSPS) is 18.1. The van der Waals surface area contributed by atoms with E-state index in [0.29, 0.717) is 28.6 Å². The quantitative estimate of drug-likeness (QED) is 0.375. The zero-order valence-corrected chi connectivity index (χ0v) is 16.7. The first kappa shape index (κ1) is 19.8. The number of halogens is 1. The molecule has 0 saturated carbocycles. The van der Waals surface area contributed by atoms with Crippen LogP contribution in [0, 0.1) is 5.82 Å². The number of nitrogens with zero attached hydrogens (tertiary/aromatic N) is 2. The van der Waals surface area contributed by atoms with Crippen LogP contribution in [-0.2, 0) is 9.59 Å². The number of hydrogen-bond donors (Lipinski definition) is 1. The summed E-state index contributed by atoms with van der Waals surface area (Å²) in [4.78, 5) is 31.1. The van der Waals surface area contributed by atoms with Crippen molar-refractivity contribution in [2.24, 2.45) is 0 Å². The van der Waals surface area contributed by atoms with Gasteiger partial charge in [-0.15, -0.1) is 11.3 Å². The Bertz CT molecular complexity index is 1110. The Labute approximate surface area is 175 Å². The summed E-state index contributed by atoms with van der Waals surface area (Å²) in [5.41, 5.74) is 0.770. The molecule has 1 unspecified atom stereocenters. The number of ether oxygens (including phenoxy) is 1. The molecule has 3 aromatic rings.